The van der Waals surface area contributed by atoms with Gasteiger partial charge in [-0.25, -0.2) is 0 Å². The Morgan fingerprint density at radius 3 is 2.30 bits per heavy atom. The van der Waals surface area contributed by atoms with Crippen LogP contribution in [0.15, 0.2) is 46.9 Å². The molecule has 0 fully saturated rings. The molecule has 0 radical (unpaired) electrons. The molecule has 0 aliphatic heterocycles. The van der Waals surface area contributed by atoms with Gasteiger partial charge in [0, 0.05) is 6.54 Å². The van der Waals surface area contributed by atoms with Crippen LogP contribution < -0.4 is 9.47 Å². The van der Waals surface area contributed by atoms with Gasteiger partial charge in [-0.1, -0.05) is 50.2 Å². The van der Waals surface area contributed by atoms with E-state index >= 15 is 0 Å². The SMILES string of the molecule is CCN(CC)Cc1ccc(OC)c(OCc2ccccc2)c1Br. The molecule has 2 aromatic carbocycles. The Morgan fingerprint density at radius 1 is 1.00 bits per heavy atom. The molecule has 0 saturated heterocycles. The zero-order valence-electron chi connectivity index (χ0n) is 14.0. The monoisotopic (exact) mass is 377 g/mol. The third-order valence-electron chi connectivity index (χ3n) is 3.88. The molecular formula is C19H24BrNO2. The van der Waals surface area contributed by atoms with Crippen molar-refractivity contribution in [1.82, 2.24) is 4.90 Å². The summed E-state index contributed by atoms with van der Waals surface area (Å²) in [5.74, 6) is 1.51. The molecule has 2 aromatic rings. The first-order valence-corrected chi connectivity index (χ1v) is 8.73. The average Bonchev–Trinajstić information content (AvgIpc) is 2.60. The fourth-order valence-corrected chi connectivity index (χ4v) is 2.98. The molecule has 0 heterocycles. The third kappa shape index (κ3) is 4.72. The summed E-state index contributed by atoms with van der Waals surface area (Å²) in [6, 6.07) is 14.2. The smallest absolute Gasteiger partial charge is 0.176 e. The molecule has 0 bridgehead atoms. The second-order valence-electron chi connectivity index (χ2n) is 5.31. The maximum Gasteiger partial charge on any atom is 0.176 e. The fraction of sp³-hybridized carbons (Fsp3) is 0.368. The first kappa shape index (κ1) is 17.8. The van der Waals surface area contributed by atoms with Crippen molar-refractivity contribution in [3.05, 3.63) is 58.1 Å². The highest BCUT2D eigenvalue weighted by molar-refractivity contribution is 9.10. The quantitative estimate of drug-likeness (QED) is 0.654. The van der Waals surface area contributed by atoms with E-state index in [1.165, 1.54) is 5.56 Å². The van der Waals surface area contributed by atoms with Crippen LogP contribution in [-0.2, 0) is 13.2 Å². The van der Waals surface area contributed by atoms with Crippen molar-refractivity contribution in [3.63, 3.8) is 0 Å². The van der Waals surface area contributed by atoms with E-state index in [9.17, 15) is 0 Å². The van der Waals surface area contributed by atoms with Gasteiger partial charge in [0.05, 0.1) is 11.6 Å². The van der Waals surface area contributed by atoms with Crippen LogP contribution in [0.4, 0.5) is 0 Å². The van der Waals surface area contributed by atoms with Crippen molar-refractivity contribution in [3.8, 4) is 11.5 Å². The van der Waals surface area contributed by atoms with Crippen LogP contribution >= 0.6 is 15.9 Å². The molecule has 2 rings (SSSR count). The van der Waals surface area contributed by atoms with E-state index in [4.69, 9.17) is 9.47 Å². The summed E-state index contributed by atoms with van der Waals surface area (Å²) in [6.45, 7) is 7.80. The van der Waals surface area contributed by atoms with Crippen LogP contribution in [0.3, 0.4) is 0 Å². The molecule has 0 aliphatic rings. The van der Waals surface area contributed by atoms with Crippen LogP contribution in [0.2, 0.25) is 0 Å². The molecule has 0 atom stereocenters. The van der Waals surface area contributed by atoms with Gasteiger partial charge in [-0.15, -0.1) is 0 Å². The molecule has 0 saturated carbocycles. The van der Waals surface area contributed by atoms with Crippen LogP contribution in [0, 0.1) is 0 Å². The highest BCUT2D eigenvalue weighted by atomic mass is 79.9. The van der Waals surface area contributed by atoms with Crippen molar-refractivity contribution >= 4 is 15.9 Å². The molecule has 4 heteroatoms. The minimum atomic E-state index is 0.518. The molecule has 0 unspecified atom stereocenters. The molecular weight excluding hydrogens is 354 g/mol. The van der Waals surface area contributed by atoms with Crippen molar-refractivity contribution < 1.29 is 9.47 Å². The standard InChI is InChI=1S/C19H24BrNO2/c1-4-21(5-2)13-16-11-12-17(22-3)19(18(16)20)23-14-15-9-7-6-8-10-15/h6-12H,4-5,13-14H2,1-3H3. The van der Waals surface area contributed by atoms with E-state index in [2.05, 4.69) is 52.9 Å². The summed E-state index contributed by atoms with van der Waals surface area (Å²) in [7, 11) is 1.67. The van der Waals surface area contributed by atoms with Crippen molar-refractivity contribution in [2.45, 2.75) is 27.0 Å². The lowest BCUT2D eigenvalue weighted by atomic mass is 10.2. The van der Waals surface area contributed by atoms with Crippen LogP contribution in [0.1, 0.15) is 25.0 Å². The second-order valence-corrected chi connectivity index (χ2v) is 6.10. The van der Waals surface area contributed by atoms with Gasteiger partial charge in [-0.3, -0.25) is 4.90 Å². The average molecular weight is 378 g/mol. The molecule has 0 aliphatic carbocycles. The molecule has 0 spiro atoms. The molecule has 23 heavy (non-hydrogen) atoms. The molecule has 124 valence electrons. The van der Waals surface area contributed by atoms with E-state index in [1.807, 2.05) is 24.3 Å². The summed E-state index contributed by atoms with van der Waals surface area (Å²) in [4.78, 5) is 2.37. The Hall–Kier alpha value is -1.52. The number of hydrogen-bond donors (Lipinski definition) is 0. The Kier molecular flexibility index (Phi) is 6.93. The Labute approximate surface area is 147 Å². The van der Waals surface area contributed by atoms with Gasteiger partial charge >= 0.3 is 0 Å². The number of benzene rings is 2. The van der Waals surface area contributed by atoms with Crippen LogP contribution in [0.5, 0.6) is 11.5 Å². The number of methoxy groups -OCH3 is 1. The van der Waals surface area contributed by atoms with E-state index in [0.29, 0.717) is 6.61 Å². The zero-order valence-corrected chi connectivity index (χ0v) is 15.6. The number of rotatable bonds is 8. The Bertz CT molecular complexity index is 612. The fourth-order valence-electron chi connectivity index (χ4n) is 2.41. The Balaban J connectivity index is 2.21. The Morgan fingerprint density at radius 2 is 1.70 bits per heavy atom. The second kappa shape index (κ2) is 8.94. The minimum absolute atomic E-state index is 0.518. The van der Waals surface area contributed by atoms with Gasteiger partial charge in [-0.05, 0) is 46.2 Å². The third-order valence-corrected chi connectivity index (χ3v) is 4.74. The molecule has 0 amide bonds. The number of ether oxygens (including phenoxy) is 2. The van der Waals surface area contributed by atoms with Crippen LogP contribution in [0.25, 0.3) is 0 Å². The van der Waals surface area contributed by atoms with E-state index < -0.39 is 0 Å². The summed E-state index contributed by atoms with van der Waals surface area (Å²) in [5.41, 5.74) is 2.34. The van der Waals surface area contributed by atoms with Gasteiger partial charge < -0.3 is 9.47 Å². The van der Waals surface area contributed by atoms with E-state index in [1.54, 1.807) is 7.11 Å². The van der Waals surface area contributed by atoms with E-state index in [-0.39, 0.29) is 0 Å². The highest BCUT2D eigenvalue weighted by Gasteiger charge is 2.15. The normalized spacial score (nSPS) is 10.8. The lowest BCUT2D eigenvalue weighted by molar-refractivity contribution is 0.276. The molecule has 3 nitrogen and oxygen atoms in total. The minimum Gasteiger partial charge on any atom is -0.493 e. The predicted octanol–water partition coefficient (Wildman–Crippen LogP) is 4.88. The van der Waals surface area contributed by atoms with Crippen molar-refractivity contribution in [1.29, 1.82) is 0 Å². The molecule has 0 aromatic heterocycles. The highest BCUT2D eigenvalue weighted by Crippen LogP contribution is 2.38. The van der Waals surface area contributed by atoms with Gasteiger partial charge in [-0.2, -0.15) is 0 Å². The van der Waals surface area contributed by atoms with Crippen molar-refractivity contribution in [2.24, 2.45) is 0 Å². The topological polar surface area (TPSA) is 21.7 Å². The number of hydrogen-bond acceptors (Lipinski definition) is 3. The van der Waals surface area contributed by atoms with Gasteiger partial charge in [0.1, 0.15) is 6.61 Å². The first-order valence-electron chi connectivity index (χ1n) is 7.94. The van der Waals surface area contributed by atoms with Gasteiger partial charge in [0.25, 0.3) is 0 Å². The van der Waals surface area contributed by atoms with Gasteiger partial charge in [0.15, 0.2) is 11.5 Å². The summed E-state index contributed by atoms with van der Waals surface area (Å²) in [6.07, 6.45) is 0. The number of nitrogens with zero attached hydrogens (tertiary/aromatic N) is 1. The summed E-state index contributed by atoms with van der Waals surface area (Å²) < 4.78 is 12.5. The van der Waals surface area contributed by atoms with Crippen LogP contribution in [-0.4, -0.2) is 25.1 Å². The van der Waals surface area contributed by atoms with Gasteiger partial charge in [0.2, 0.25) is 0 Å². The van der Waals surface area contributed by atoms with E-state index in [0.717, 1.165) is 41.2 Å². The lowest BCUT2D eigenvalue weighted by Gasteiger charge is -2.21. The summed E-state index contributed by atoms with van der Waals surface area (Å²) in [5, 5.41) is 0. The predicted molar refractivity (Wildman–Crippen MR) is 98.1 cm³/mol. The lowest BCUT2D eigenvalue weighted by Crippen LogP contribution is -2.22. The zero-order chi connectivity index (χ0) is 16.7. The first-order chi connectivity index (χ1) is 11.2. The largest absolute Gasteiger partial charge is 0.493 e. The summed E-state index contributed by atoms with van der Waals surface area (Å²) >= 11 is 3.70. The number of halogens is 1. The maximum atomic E-state index is 6.04. The maximum absolute atomic E-state index is 6.04. The van der Waals surface area contributed by atoms with Crippen molar-refractivity contribution in [2.75, 3.05) is 20.2 Å². The molecule has 0 N–H and O–H groups in total.